The number of aliphatic hydroxyl groups excluding tert-OH is 1. The maximum absolute atomic E-state index is 14.4. The first-order valence-electron chi connectivity index (χ1n) is 16.9. The number of amides is 1. The highest BCUT2D eigenvalue weighted by Gasteiger charge is 2.31. The monoisotopic (exact) mass is 662 g/mol. The molecule has 0 saturated heterocycles. The second-order valence-corrected chi connectivity index (χ2v) is 15.1. The molecule has 2 aromatic rings. The summed E-state index contributed by atoms with van der Waals surface area (Å²) < 4.78 is 47.1. The van der Waals surface area contributed by atoms with Gasteiger partial charge in [0.25, 0.3) is 15.9 Å². The molecule has 2 aliphatic rings. The number of likely N-dealkylation sites (N-methyl/N-ethyl adjacent to an activating group) is 1. The number of rotatable bonds is 9. The number of aryl methyl sites for hydroxylation is 2. The summed E-state index contributed by atoms with van der Waals surface area (Å²) in [4.78, 5) is 18.4. The van der Waals surface area contributed by atoms with Crippen LogP contribution in [0.3, 0.4) is 0 Å². The summed E-state index contributed by atoms with van der Waals surface area (Å²) in [7, 11) is -1.88. The van der Waals surface area contributed by atoms with Crippen molar-refractivity contribution in [1.82, 2.24) is 15.0 Å². The van der Waals surface area contributed by atoms with E-state index in [1.54, 1.807) is 24.0 Å². The minimum Gasteiger partial charge on any atom is -0.490 e. The van der Waals surface area contributed by atoms with Crippen LogP contribution in [-0.4, -0.2) is 92.5 Å². The van der Waals surface area contributed by atoms with Gasteiger partial charge >= 0.3 is 0 Å². The van der Waals surface area contributed by atoms with E-state index in [9.17, 15) is 18.3 Å². The SMILES string of the molecule is Cc1noc(C)c1S(=O)(=O)Nc1ccc2c(c1)C(=O)N([C@H](C)CO)C[C@@H](C)[C@H](CN(C)CC1CCCCC1)OCCCC[C@@H](C)O2. The lowest BCUT2D eigenvalue weighted by Crippen LogP contribution is -2.47. The first-order valence-corrected chi connectivity index (χ1v) is 18.4. The first kappa shape index (κ1) is 36.2. The molecule has 0 spiro atoms. The van der Waals surface area contributed by atoms with Crippen molar-refractivity contribution in [3.63, 3.8) is 0 Å². The van der Waals surface area contributed by atoms with Gasteiger partial charge in [0.05, 0.1) is 30.4 Å². The summed E-state index contributed by atoms with van der Waals surface area (Å²) in [6.07, 6.45) is 8.79. The van der Waals surface area contributed by atoms with Crippen LogP contribution in [0.2, 0.25) is 0 Å². The second kappa shape index (κ2) is 16.4. The number of carbonyl (C=O) groups is 1. The van der Waals surface area contributed by atoms with Gasteiger partial charge in [-0.05, 0) is 91.0 Å². The molecule has 12 heteroatoms. The molecule has 2 N–H and O–H groups in total. The standard InChI is InChI=1S/C34H54N4O7S/c1-23-19-38(24(2)22-39)34(40)30-18-29(36-46(41,42)33-26(4)35-45-27(33)5)15-16-31(30)44-25(3)12-10-11-17-43-32(23)21-37(6)20-28-13-8-7-9-14-28/h15-16,18,23-25,28,32,36,39H,7-14,17,19-22H2,1-6H3/t23-,24-,25-,32+/m1/s1. The molecule has 0 radical (unpaired) electrons. The zero-order chi connectivity index (χ0) is 33.4. The van der Waals surface area contributed by atoms with E-state index in [1.807, 2.05) is 13.8 Å². The second-order valence-electron chi connectivity index (χ2n) is 13.5. The summed E-state index contributed by atoms with van der Waals surface area (Å²) in [6.45, 7) is 11.5. The normalized spacial score (nSPS) is 23.4. The first-order chi connectivity index (χ1) is 21.9. The van der Waals surface area contributed by atoms with E-state index in [0.29, 0.717) is 24.8 Å². The average Bonchev–Trinajstić information content (AvgIpc) is 3.37. The number of hydrogen-bond donors (Lipinski definition) is 2. The summed E-state index contributed by atoms with van der Waals surface area (Å²) in [5.74, 6) is 0.883. The third-order valence-electron chi connectivity index (χ3n) is 9.33. The van der Waals surface area contributed by atoms with Crippen LogP contribution in [0, 0.1) is 25.7 Å². The number of nitrogens with one attached hydrogen (secondary N) is 1. The molecule has 1 saturated carbocycles. The van der Waals surface area contributed by atoms with E-state index in [2.05, 4.69) is 28.8 Å². The van der Waals surface area contributed by atoms with Gasteiger partial charge in [-0.2, -0.15) is 0 Å². The Labute approximate surface area is 275 Å². The lowest BCUT2D eigenvalue weighted by molar-refractivity contribution is -0.0190. The van der Waals surface area contributed by atoms with Crippen molar-refractivity contribution in [3.8, 4) is 5.75 Å². The van der Waals surface area contributed by atoms with Gasteiger partial charge in [-0.15, -0.1) is 0 Å². The predicted octanol–water partition coefficient (Wildman–Crippen LogP) is 5.40. The van der Waals surface area contributed by atoms with E-state index in [1.165, 1.54) is 45.1 Å². The predicted molar refractivity (Wildman–Crippen MR) is 178 cm³/mol. The highest BCUT2D eigenvalue weighted by Crippen LogP contribution is 2.31. The van der Waals surface area contributed by atoms with Crippen molar-refractivity contribution < 1.29 is 32.3 Å². The zero-order valence-electron chi connectivity index (χ0n) is 28.5. The fourth-order valence-corrected chi connectivity index (χ4v) is 8.09. The van der Waals surface area contributed by atoms with Gasteiger partial charge in [0.1, 0.15) is 11.4 Å². The Balaban J connectivity index is 1.63. The third kappa shape index (κ3) is 9.45. The van der Waals surface area contributed by atoms with Crippen LogP contribution in [0.1, 0.15) is 93.9 Å². The molecule has 46 heavy (non-hydrogen) atoms. The van der Waals surface area contributed by atoms with E-state index in [-0.39, 0.29) is 58.2 Å². The Morgan fingerprint density at radius 2 is 1.80 bits per heavy atom. The van der Waals surface area contributed by atoms with Crippen molar-refractivity contribution in [3.05, 3.63) is 35.2 Å². The Hall–Kier alpha value is -2.67. The van der Waals surface area contributed by atoms with Crippen LogP contribution >= 0.6 is 0 Å². The van der Waals surface area contributed by atoms with Crippen LogP contribution < -0.4 is 9.46 Å². The molecule has 4 rings (SSSR count). The average molecular weight is 663 g/mol. The van der Waals surface area contributed by atoms with Gasteiger partial charge < -0.3 is 28.9 Å². The van der Waals surface area contributed by atoms with E-state index < -0.39 is 16.1 Å². The van der Waals surface area contributed by atoms with Gasteiger partial charge in [0.15, 0.2) is 10.7 Å². The molecule has 0 bridgehead atoms. The van der Waals surface area contributed by atoms with Gasteiger partial charge in [-0.1, -0.05) is 31.3 Å². The number of anilines is 1. The minimum absolute atomic E-state index is 0.0285. The summed E-state index contributed by atoms with van der Waals surface area (Å²) >= 11 is 0. The topological polar surface area (TPSA) is 134 Å². The number of sulfonamides is 1. The van der Waals surface area contributed by atoms with Crippen LogP contribution in [0.15, 0.2) is 27.6 Å². The van der Waals surface area contributed by atoms with Crippen LogP contribution in [0.4, 0.5) is 5.69 Å². The van der Waals surface area contributed by atoms with E-state index in [0.717, 1.165) is 32.4 Å². The fourth-order valence-electron chi connectivity index (χ4n) is 6.71. The Bertz CT molecular complexity index is 1370. The van der Waals surface area contributed by atoms with Gasteiger partial charge in [0.2, 0.25) is 0 Å². The molecule has 258 valence electrons. The smallest absolute Gasteiger partial charge is 0.267 e. The van der Waals surface area contributed by atoms with Crippen molar-refractivity contribution >= 4 is 21.6 Å². The van der Waals surface area contributed by atoms with Crippen molar-refractivity contribution in [2.75, 3.05) is 44.6 Å². The highest BCUT2D eigenvalue weighted by molar-refractivity contribution is 7.92. The molecular formula is C34H54N4O7S. The number of carbonyl (C=O) groups excluding carboxylic acids is 1. The molecule has 1 amide bonds. The highest BCUT2D eigenvalue weighted by atomic mass is 32.2. The largest absolute Gasteiger partial charge is 0.490 e. The summed E-state index contributed by atoms with van der Waals surface area (Å²) in [5.41, 5.74) is 0.677. The van der Waals surface area contributed by atoms with Crippen molar-refractivity contribution in [2.24, 2.45) is 11.8 Å². The molecule has 1 aliphatic carbocycles. The molecule has 4 atom stereocenters. The Morgan fingerprint density at radius 3 is 2.48 bits per heavy atom. The lowest BCUT2D eigenvalue weighted by atomic mass is 9.89. The number of benzene rings is 1. The molecule has 1 aliphatic heterocycles. The van der Waals surface area contributed by atoms with Crippen molar-refractivity contribution in [1.29, 1.82) is 0 Å². The lowest BCUT2D eigenvalue weighted by Gasteiger charge is -2.36. The maximum atomic E-state index is 14.4. The number of fused-ring (bicyclic) bond motifs is 1. The van der Waals surface area contributed by atoms with Crippen LogP contribution in [0.5, 0.6) is 5.75 Å². The molecule has 2 heterocycles. The fraction of sp³-hybridized carbons (Fsp3) is 0.706. The molecule has 1 fully saturated rings. The quantitative estimate of drug-likeness (QED) is 0.362. The summed E-state index contributed by atoms with van der Waals surface area (Å²) in [6, 6.07) is 4.25. The van der Waals surface area contributed by atoms with E-state index in [4.69, 9.17) is 14.0 Å². The van der Waals surface area contributed by atoms with Gasteiger partial charge in [0, 0.05) is 37.8 Å². The number of aromatic nitrogens is 1. The van der Waals surface area contributed by atoms with Gasteiger partial charge in [-0.25, -0.2) is 8.42 Å². The Morgan fingerprint density at radius 1 is 1.09 bits per heavy atom. The van der Waals surface area contributed by atoms with E-state index >= 15 is 0 Å². The number of nitrogens with zero attached hydrogens (tertiary/aromatic N) is 3. The zero-order valence-corrected chi connectivity index (χ0v) is 29.3. The summed E-state index contributed by atoms with van der Waals surface area (Å²) in [5, 5.41) is 14.0. The van der Waals surface area contributed by atoms with Crippen LogP contribution in [-0.2, 0) is 14.8 Å². The Kier molecular flexibility index (Phi) is 12.9. The maximum Gasteiger partial charge on any atom is 0.267 e. The van der Waals surface area contributed by atoms with Crippen molar-refractivity contribution in [2.45, 2.75) is 109 Å². The molecule has 1 aromatic carbocycles. The minimum atomic E-state index is -4.04. The third-order valence-corrected chi connectivity index (χ3v) is 11.0. The number of ether oxygens (including phenoxy) is 2. The van der Waals surface area contributed by atoms with Gasteiger partial charge in [-0.3, -0.25) is 9.52 Å². The molecule has 1 aromatic heterocycles. The number of hydrogen-bond acceptors (Lipinski definition) is 9. The number of aliphatic hydroxyl groups is 1. The molecule has 0 unspecified atom stereocenters. The molecular weight excluding hydrogens is 608 g/mol. The molecule has 11 nitrogen and oxygen atoms in total. The van der Waals surface area contributed by atoms with Crippen LogP contribution in [0.25, 0.3) is 0 Å².